The van der Waals surface area contributed by atoms with E-state index in [0.29, 0.717) is 0 Å². The van der Waals surface area contributed by atoms with Gasteiger partial charge in [0.15, 0.2) is 0 Å². The molecule has 0 fully saturated rings. The third-order valence-electron chi connectivity index (χ3n) is 3.38. The van der Waals surface area contributed by atoms with E-state index in [-0.39, 0.29) is 0 Å². The lowest BCUT2D eigenvalue weighted by molar-refractivity contribution is -0.657. The second kappa shape index (κ2) is 6.32. The Hall–Kier alpha value is -2.17. The van der Waals surface area contributed by atoms with Crippen molar-refractivity contribution in [2.45, 2.75) is 13.8 Å². The summed E-state index contributed by atoms with van der Waals surface area (Å²) in [6, 6.07) is 8.18. The van der Waals surface area contributed by atoms with E-state index < -0.39 is 0 Å². The fourth-order valence-corrected chi connectivity index (χ4v) is 2.14. The van der Waals surface area contributed by atoms with Crippen molar-refractivity contribution in [2.75, 3.05) is 18.0 Å². The van der Waals surface area contributed by atoms with Gasteiger partial charge in [-0.15, -0.1) is 0 Å². The van der Waals surface area contributed by atoms with Crippen LogP contribution in [0.3, 0.4) is 0 Å². The molecular weight excluding hydrogens is 250 g/mol. The van der Waals surface area contributed by atoms with Crippen LogP contribution in [0.25, 0.3) is 0 Å². The summed E-state index contributed by atoms with van der Waals surface area (Å²) in [5.74, 6) is 0.817. The maximum absolute atomic E-state index is 4.29. The zero-order valence-electron chi connectivity index (χ0n) is 12.6. The van der Waals surface area contributed by atoms with E-state index in [4.69, 9.17) is 0 Å². The van der Waals surface area contributed by atoms with Crippen molar-refractivity contribution in [3.63, 3.8) is 0 Å². The second-order valence-corrected chi connectivity index (χ2v) is 4.71. The summed E-state index contributed by atoms with van der Waals surface area (Å²) in [4.78, 5) is 2.30. The van der Waals surface area contributed by atoms with Crippen LogP contribution in [0.15, 0.2) is 46.9 Å². The molecule has 0 atom stereocenters. The molecular formula is C15H22N5+. The van der Waals surface area contributed by atoms with Gasteiger partial charge in [-0.2, -0.15) is 0 Å². The first kappa shape index (κ1) is 14.2. The van der Waals surface area contributed by atoms with Crippen LogP contribution < -0.4 is 9.47 Å². The Morgan fingerprint density at radius 3 is 2.25 bits per heavy atom. The van der Waals surface area contributed by atoms with Crippen molar-refractivity contribution in [2.24, 2.45) is 24.3 Å². The number of hydrogen-bond donors (Lipinski definition) is 0. The predicted molar refractivity (Wildman–Crippen MR) is 80.8 cm³/mol. The maximum atomic E-state index is 4.29. The summed E-state index contributed by atoms with van der Waals surface area (Å²) in [6.45, 7) is 6.34. The van der Waals surface area contributed by atoms with E-state index in [1.54, 1.807) is 0 Å². The minimum Gasteiger partial charge on any atom is -0.372 e. The highest BCUT2D eigenvalue weighted by atomic mass is 15.3. The third kappa shape index (κ3) is 3.04. The molecule has 0 radical (unpaired) electrons. The molecule has 0 spiro atoms. The molecule has 2 rings (SSSR count). The standard InChI is InChI=1S/C15H22N5/c1-5-20(6-2)14-9-7-13(8-10-14)16-17-15-18(3)11-12-19(15)4/h7-12H,5-6H2,1-4H3/q+1. The van der Waals surface area contributed by atoms with Gasteiger partial charge in [0, 0.05) is 23.9 Å². The molecule has 1 heterocycles. The number of aromatic nitrogens is 2. The molecule has 0 saturated carbocycles. The Morgan fingerprint density at radius 1 is 1.10 bits per heavy atom. The van der Waals surface area contributed by atoms with Gasteiger partial charge in [-0.25, -0.2) is 9.13 Å². The molecule has 5 nitrogen and oxygen atoms in total. The average molecular weight is 272 g/mol. The molecule has 0 saturated heterocycles. The van der Waals surface area contributed by atoms with E-state index >= 15 is 0 Å². The number of imidazole rings is 1. The molecule has 20 heavy (non-hydrogen) atoms. The molecule has 0 unspecified atom stereocenters. The number of rotatable bonds is 5. The van der Waals surface area contributed by atoms with Crippen LogP contribution in [0.4, 0.5) is 17.3 Å². The van der Waals surface area contributed by atoms with Crippen LogP contribution >= 0.6 is 0 Å². The fourth-order valence-electron chi connectivity index (χ4n) is 2.14. The quantitative estimate of drug-likeness (QED) is 0.608. The molecule has 0 aliphatic heterocycles. The molecule has 0 bridgehead atoms. The van der Waals surface area contributed by atoms with Crippen LogP contribution in [0.1, 0.15) is 13.8 Å². The first-order valence-electron chi connectivity index (χ1n) is 6.93. The van der Waals surface area contributed by atoms with E-state index in [1.165, 1.54) is 5.69 Å². The molecule has 106 valence electrons. The van der Waals surface area contributed by atoms with Crippen molar-refractivity contribution in [1.82, 2.24) is 4.57 Å². The van der Waals surface area contributed by atoms with Crippen LogP contribution in [0.2, 0.25) is 0 Å². The molecule has 0 N–H and O–H groups in total. The summed E-state index contributed by atoms with van der Waals surface area (Å²) in [7, 11) is 3.91. The van der Waals surface area contributed by atoms with Gasteiger partial charge in [-0.3, -0.25) is 0 Å². The highest BCUT2D eigenvalue weighted by molar-refractivity contribution is 5.52. The summed E-state index contributed by atoms with van der Waals surface area (Å²) in [5.41, 5.74) is 2.08. The normalized spacial score (nSPS) is 11.2. The summed E-state index contributed by atoms with van der Waals surface area (Å²) in [6.07, 6.45) is 3.91. The van der Waals surface area contributed by atoms with E-state index in [9.17, 15) is 0 Å². The average Bonchev–Trinajstić information content (AvgIpc) is 2.78. The molecule has 0 aliphatic rings. The van der Waals surface area contributed by atoms with Gasteiger partial charge in [-0.05, 0) is 38.1 Å². The Morgan fingerprint density at radius 2 is 1.75 bits per heavy atom. The summed E-state index contributed by atoms with van der Waals surface area (Å²) >= 11 is 0. The van der Waals surface area contributed by atoms with Gasteiger partial charge in [0.05, 0.1) is 26.5 Å². The third-order valence-corrected chi connectivity index (χ3v) is 3.38. The lowest BCUT2D eigenvalue weighted by atomic mass is 10.2. The Balaban J connectivity index is 2.15. The fraction of sp³-hybridized carbons (Fsp3) is 0.400. The van der Waals surface area contributed by atoms with Crippen molar-refractivity contribution >= 4 is 17.3 Å². The number of anilines is 1. The number of hydrogen-bond acceptors (Lipinski definition) is 3. The molecule has 0 amide bonds. The van der Waals surface area contributed by atoms with E-state index in [1.807, 2.05) is 47.8 Å². The van der Waals surface area contributed by atoms with Gasteiger partial charge >= 0.3 is 5.95 Å². The van der Waals surface area contributed by atoms with Gasteiger partial charge in [-0.1, -0.05) is 5.11 Å². The van der Waals surface area contributed by atoms with Gasteiger partial charge in [0.25, 0.3) is 0 Å². The number of nitrogens with zero attached hydrogens (tertiary/aromatic N) is 5. The van der Waals surface area contributed by atoms with Gasteiger partial charge in [0.1, 0.15) is 5.69 Å². The Bertz CT molecular complexity index is 559. The largest absolute Gasteiger partial charge is 0.421 e. The van der Waals surface area contributed by atoms with Crippen LogP contribution in [-0.4, -0.2) is 17.7 Å². The minimum absolute atomic E-state index is 0.817. The van der Waals surface area contributed by atoms with Crippen LogP contribution in [-0.2, 0) is 14.1 Å². The summed E-state index contributed by atoms with van der Waals surface area (Å²) in [5, 5.41) is 8.58. The van der Waals surface area contributed by atoms with Crippen molar-refractivity contribution in [1.29, 1.82) is 0 Å². The first-order chi connectivity index (χ1) is 9.65. The maximum Gasteiger partial charge on any atom is 0.421 e. The number of benzene rings is 1. The van der Waals surface area contributed by atoms with Crippen LogP contribution in [0, 0.1) is 0 Å². The number of azo groups is 1. The van der Waals surface area contributed by atoms with Crippen molar-refractivity contribution in [3.05, 3.63) is 36.7 Å². The zero-order chi connectivity index (χ0) is 14.5. The van der Waals surface area contributed by atoms with Gasteiger partial charge < -0.3 is 4.90 Å². The first-order valence-corrected chi connectivity index (χ1v) is 6.93. The highest BCUT2D eigenvalue weighted by Gasteiger charge is 2.10. The highest BCUT2D eigenvalue weighted by Crippen LogP contribution is 2.21. The van der Waals surface area contributed by atoms with Crippen molar-refractivity contribution < 1.29 is 4.57 Å². The molecule has 1 aromatic carbocycles. The lowest BCUT2D eigenvalue weighted by Gasteiger charge is -2.20. The molecule has 2 aromatic rings. The van der Waals surface area contributed by atoms with E-state index in [0.717, 1.165) is 24.7 Å². The Kier molecular flexibility index (Phi) is 4.50. The van der Waals surface area contributed by atoms with Gasteiger partial charge in [0.2, 0.25) is 0 Å². The van der Waals surface area contributed by atoms with E-state index in [2.05, 4.69) is 41.1 Å². The van der Waals surface area contributed by atoms with Crippen molar-refractivity contribution in [3.8, 4) is 0 Å². The predicted octanol–water partition coefficient (Wildman–Crippen LogP) is 3.11. The Labute approximate surface area is 120 Å². The topological polar surface area (TPSA) is 36.8 Å². The molecule has 0 aliphatic carbocycles. The minimum atomic E-state index is 0.817. The summed E-state index contributed by atoms with van der Waals surface area (Å²) < 4.78 is 3.88. The van der Waals surface area contributed by atoms with Crippen LogP contribution in [0.5, 0.6) is 0 Å². The second-order valence-electron chi connectivity index (χ2n) is 4.71. The molecule has 1 aromatic heterocycles. The molecule has 5 heteroatoms. The lowest BCUT2D eigenvalue weighted by Crippen LogP contribution is -2.25. The zero-order valence-corrected chi connectivity index (χ0v) is 12.6. The smallest absolute Gasteiger partial charge is 0.372 e. The monoisotopic (exact) mass is 272 g/mol. The SMILES string of the molecule is CCN(CC)c1ccc(N=Nc2n(C)cc[n+]2C)cc1. The number of aryl methyl sites for hydroxylation is 2.